The molecule has 7 nitrogen and oxygen atoms in total. The summed E-state index contributed by atoms with van der Waals surface area (Å²) in [5.41, 5.74) is 0. The van der Waals surface area contributed by atoms with Gasteiger partial charge in [-0.15, -0.1) is 0 Å². The molecule has 7 heteroatoms. The lowest BCUT2D eigenvalue weighted by Gasteiger charge is -2.02. The molecule has 0 unspecified atom stereocenters. The Hall–Kier alpha value is -3.87. The molecule has 0 saturated carbocycles. The molecule has 0 aliphatic heterocycles. The third-order valence-corrected chi connectivity index (χ3v) is 4.08. The summed E-state index contributed by atoms with van der Waals surface area (Å²) in [5.74, 6) is -0.702. The van der Waals surface area contributed by atoms with Gasteiger partial charge in [-0.2, -0.15) is 0 Å². The van der Waals surface area contributed by atoms with Crippen molar-refractivity contribution in [3.63, 3.8) is 0 Å². The van der Waals surface area contributed by atoms with Crippen molar-refractivity contribution in [1.82, 2.24) is 0 Å². The van der Waals surface area contributed by atoms with Crippen molar-refractivity contribution in [2.24, 2.45) is 0 Å². The molecular weight excluding hydrogens is 364 g/mol. The molecule has 28 heavy (non-hydrogen) atoms. The molecule has 4 rings (SSSR count). The fourth-order valence-electron chi connectivity index (χ4n) is 2.96. The Bertz CT molecular complexity index is 1150. The molecule has 4 aromatic rings. The highest BCUT2D eigenvalue weighted by Crippen LogP contribution is 2.32. The number of esters is 2. The Balaban J connectivity index is 1.79. The lowest BCUT2D eigenvalue weighted by molar-refractivity contribution is -0.132. The molecule has 0 N–H and O–H groups in total. The summed E-state index contributed by atoms with van der Waals surface area (Å²) in [6, 6.07) is 9.72. The number of carbonyl (C=O) groups excluding carboxylic acids is 3. The number of fused-ring (bicyclic) bond motifs is 2. The first-order valence-corrected chi connectivity index (χ1v) is 8.36. The fourth-order valence-corrected chi connectivity index (χ4v) is 2.96. The van der Waals surface area contributed by atoms with Gasteiger partial charge in [-0.1, -0.05) is 0 Å². The Kier molecular flexibility index (Phi) is 4.19. The third-order valence-electron chi connectivity index (χ3n) is 4.08. The van der Waals surface area contributed by atoms with E-state index in [4.69, 9.17) is 18.3 Å². The third kappa shape index (κ3) is 3.14. The molecule has 0 aliphatic carbocycles. The van der Waals surface area contributed by atoms with Gasteiger partial charge in [0.25, 0.3) is 5.78 Å². The summed E-state index contributed by atoms with van der Waals surface area (Å²) in [5, 5.41) is 2.33. The van der Waals surface area contributed by atoms with Crippen LogP contribution in [0.3, 0.4) is 0 Å². The molecule has 0 spiro atoms. The fraction of sp³-hybridized carbons (Fsp3) is 0.0952. The van der Waals surface area contributed by atoms with Crippen molar-refractivity contribution >= 4 is 39.3 Å². The maximum absolute atomic E-state index is 13.1. The van der Waals surface area contributed by atoms with E-state index in [1.165, 1.54) is 26.4 Å². The summed E-state index contributed by atoms with van der Waals surface area (Å²) >= 11 is 0. The minimum Gasteiger partial charge on any atom is -0.459 e. The van der Waals surface area contributed by atoms with Crippen LogP contribution in [0.4, 0.5) is 0 Å². The van der Waals surface area contributed by atoms with Crippen LogP contribution in [-0.4, -0.2) is 17.7 Å². The highest BCUT2D eigenvalue weighted by Gasteiger charge is 2.23. The quantitative estimate of drug-likeness (QED) is 0.297. The van der Waals surface area contributed by atoms with Crippen molar-refractivity contribution in [1.29, 1.82) is 0 Å². The summed E-state index contributed by atoms with van der Waals surface area (Å²) in [6.07, 6.45) is 2.88. The van der Waals surface area contributed by atoms with Gasteiger partial charge in [-0.3, -0.25) is 14.4 Å². The number of rotatable bonds is 4. The topological polar surface area (TPSA) is 96.0 Å². The average molecular weight is 378 g/mol. The second-order valence-corrected chi connectivity index (χ2v) is 6.14. The van der Waals surface area contributed by atoms with Crippen LogP contribution in [0.15, 0.2) is 57.8 Å². The van der Waals surface area contributed by atoms with E-state index in [1.54, 1.807) is 36.4 Å². The lowest BCUT2D eigenvalue weighted by atomic mass is 10.1. The largest absolute Gasteiger partial charge is 0.459 e. The van der Waals surface area contributed by atoms with E-state index in [0.717, 1.165) is 0 Å². The van der Waals surface area contributed by atoms with E-state index in [9.17, 15) is 14.4 Å². The van der Waals surface area contributed by atoms with Crippen molar-refractivity contribution in [2.45, 2.75) is 13.8 Å². The number of benzene rings is 2. The van der Waals surface area contributed by atoms with Crippen molar-refractivity contribution < 1.29 is 32.7 Å². The minimum atomic E-state index is -0.482. The number of hydrogen-bond donors (Lipinski definition) is 0. The van der Waals surface area contributed by atoms with Gasteiger partial charge < -0.3 is 18.3 Å². The van der Waals surface area contributed by atoms with Gasteiger partial charge in [0.05, 0.1) is 12.5 Å². The van der Waals surface area contributed by atoms with Crippen molar-refractivity contribution in [3.8, 4) is 11.5 Å². The Morgan fingerprint density at radius 2 is 1.14 bits per heavy atom. The Morgan fingerprint density at radius 3 is 1.54 bits per heavy atom. The molecule has 2 aromatic heterocycles. The van der Waals surface area contributed by atoms with Gasteiger partial charge in [-0.05, 0) is 36.4 Å². The summed E-state index contributed by atoms with van der Waals surface area (Å²) in [6.45, 7) is 2.59. The first-order chi connectivity index (χ1) is 13.4. The summed E-state index contributed by atoms with van der Waals surface area (Å²) in [4.78, 5) is 35.4. The molecule has 0 fully saturated rings. The van der Waals surface area contributed by atoms with Crippen molar-refractivity contribution in [3.05, 3.63) is 60.4 Å². The zero-order valence-electron chi connectivity index (χ0n) is 15.0. The van der Waals surface area contributed by atoms with Crippen LogP contribution in [0.25, 0.3) is 21.5 Å². The maximum atomic E-state index is 13.1. The lowest BCUT2D eigenvalue weighted by Crippen LogP contribution is -2.02. The first-order valence-electron chi connectivity index (χ1n) is 8.36. The highest BCUT2D eigenvalue weighted by atomic mass is 16.5. The smallest absolute Gasteiger partial charge is 0.308 e. The average Bonchev–Trinajstić information content (AvgIpc) is 3.23. The Morgan fingerprint density at radius 1 is 0.714 bits per heavy atom. The molecular formula is C21H14O7. The van der Waals surface area contributed by atoms with Gasteiger partial charge in [-0.25, -0.2) is 0 Å². The van der Waals surface area contributed by atoms with Gasteiger partial charge in [0.2, 0.25) is 0 Å². The van der Waals surface area contributed by atoms with Crippen LogP contribution >= 0.6 is 0 Å². The molecule has 2 aromatic carbocycles. The Labute approximate surface area is 158 Å². The van der Waals surface area contributed by atoms with Crippen LogP contribution in [0.2, 0.25) is 0 Å². The SMILES string of the molecule is CC(=O)Oc1ccc2coc(C(=O)c3occ4ccc(OC(C)=O)cc34)c2c1. The van der Waals surface area contributed by atoms with Gasteiger partial charge in [0.1, 0.15) is 11.5 Å². The van der Waals surface area contributed by atoms with E-state index >= 15 is 0 Å². The number of hydrogen-bond acceptors (Lipinski definition) is 7. The van der Waals surface area contributed by atoms with Crippen LogP contribution in [-0.2, 0) is 9.59 Å². The van der Waals surface area contributed by atoms with Crippen LogP contribution in [0.5, 0.6) is 11.5 Å². The molecule has 0 aliphatic rings. The van der Waals surface area contributed by atoms with E-state index in [0.29, 0.717) is 33.0 Å². The van der Waals surface area contributed by atoms with Gasteiger partial charge >= 0.3 is 11.9 Å². The molecule has 0 amide bonds. The van der Waals surface area contributed by atoms with Crippen LogP contribution in [0.1, 0.15) is 30.2 Å². The minimum absolute atomic E-state index is 0.0538. The number of carbonyl (C=O) groups is 3. The summed E-state index contributed by atoms with van der Waals surface area (Å²) < 4.78 is 21.1. The predicted octanol–water partition coefficient (Wildman–Crippen LogP) is 4.26. The van der Waals surface area contributed by atoms with E-state index < -0.39 is 17.7 Å². The summed E-state index contributed by atoms with van der Waals surface area (Å²) in [7, 11) is 0. The zero-order chi connectivity index (χ0) is 19.8. The molecule has 0 saturated heterocycles. The first kappa shape index (κ1) is 17.5. The van der Waals surface area contributed by atoms with E-state index in [1.807, 2.05) is 0 Å². The normalized spacial score (nSPS) is 10.9. The zero-order valence-corrected chi connectivity index (χ0v) is 15.0. The molecule has 0 bridgehead atoms. The standard InChI is InChI=1S/C21H14O7/c1-11(22)27-15-5-3-13-9-25-20(17(13)7-15)19(24)21-18-8-16(28-12(2)23)6-4-14(18)10-26-21/h3-10H,1-2H3. The monoisotopic (exact) mass is 378 g/mol. The highest BCUT2D eigenvalue weighted by molar-refractivity contribution is 6.18. The van der Waals surface area contributed by atoms with E-state index in [2.05, 4.69) is 0 Å². The van der Waals surface area contributed by atoms with Crippen LogP contribution in [0, 0.1) is 0 Å². The number of furan rings is 2. The van der Waals surface area contributed by atoms with Crippen molar-refractivity contribution in [2.75, 3.05) is 0 Å². The second kappa shape index (κ2) is 6.70. The van der Waals surface area contributed by atoms with Crippen LogP contribution < -0.4 is 9.47 Å². The van der Waals surface area contributed by atoms with Gasteiger partial charge in [0, 0.05) is 35.4 Å². The van der Waals surface area contributed by atoms with E-state index in [-0.39, 0.29) is 11.5 Å². The molecule has 0 radical (unpaired) electrons. The molecule has 0 atom stereocenters. The van der Waals surface area contributed by atoms with Gasteiger partial charge in [0.15, 0.2) is 11.5 Å². The number of ether oxygens (including phenoxy) is 2. The predicted molar refractivity (Wildman–Crippen MR) is 98.5 cm³/mol. The molecule has 2 heterocycles. The maximum Gasteiger partial charge on any atom is 0.308 e. The molecule has 140 valence electrons. The number of ketones is 1. The second-order valence-electron chi connectivity index (χ2n) is 6.14.